The average molecular weight is 1730 g/mol. The number of aliphatic hydroxyl groups is 27. The molecule has 10 aliphatic rings. The molecule has 52 heteroatoms. The predicted octanol–water partition coefficient (Wildman–Crippen LogP) is -20.3. The minimum absolute atomic E-state index is 0.915. The van der Waals surface area contributed by atoms with Gasteiger partial charge in [-0.3, -0.25) is 14.4 Å². The zero-order chi connectivity index (χ0) is 86.8. The topological polar surface area (TPSA) is 809 Å². The Hall–Kier alpha value is -3.43. The summed E-state index contributed by atoms with van der Waals surface area (Å²) < 4.78 is 114. The van der Waals surface area contributed by atoms with Crippen molar-refractivity contribution >= 4 is 17.7 Å². The molecule has 0 aliphatic carbocycles. The smallest absolute Gasteiger partial charge is 0.217 e. The van der Waals surface area contributed by atoms with Crippen molar-refractivity contribution in [3.8, 4) is 0 Å². The van der Waals surface area contributed by atoms with Crippen LogP contribution in [0.2, 0.25) is 0 Å². The molecule has 30 N–H and O–H groups in total. The van der Waals surface area contributed by atoms with E-state index in [0.717, 1.165) is 20.8 Å². The van der Waals surface area contributed by atoms with E-state index in [0.29, 0.717) is 0 Å². The Balaban J connectivity index is 0.983. The first-order chi connectivity index (χ1) is 55.8. The van der Waals surface area contributed by atoms with Crippen LogP contribution in [-0.2, 0) is 104 Å². The van der Waals surface area contributed by atoms with E-state index in [-0.39, 0.29) is 0 Å². The van der Waals surface area contributed by atoms with Crippen LogP contribution in [0.25, 0.3) is 0 Å². The van der Waals surface area contributed by atoms with Crippen LogP contribution in [-0.4, -0.2) is 515 Å². The fourth-order valence-electron chi connectivity index (χ4n) is 15.4. The zero-order valence-electron chi connectivity index (χ0n) is 63.6. The molecule has 0 radical (unpaired) electrons. The zero-order valence-corrected chi connectivity index (χ0v) is 63.6. The molecule has 3 amide bonds. The molecular formula is C66H111N3O49. The van der Waals surface area contributed by atoms with Gasteiger partial charge >= 0.3 is 0 Å². The van der Waals surface area contributed by atoms with E-state index in [1.807, 2.05) is 0 Å². The number of carbonyl (C=O) groups is 3. The second kappa shape index (κ2) is 41.8. The molecule has 118 heavy (non-hydrogen) atoms. The van der Waals surface area contributed by atoms with E-state index in [4.69, 9.17) is 90.0 Å². The first-order valence-corrected chi connectivity index (χ1v) is 37.9. The van der Waals surface area contributed by atoms with E-state index in [2.05, 4.69) is 16.0 Å². The highest BCUT2D eigenvalue weighted by molar-refractivity contribution is 5.74. The maximum absolute atomic E-state index is 13.7. The summed E-state index contributed by atoms with van der Waals surface area (Å²) in [6.45, 7) is -3.75. The van der Waals surface area contributed by atoms with E-state index in [9.17, 15) is 152 Å². The van der Waals surface area contributed by atoms with Crippen molar-refractivity contribution in [2.75, 3.05) is 52.9 Å². The Morgan fingerprint density at radius 2 is 0.508 bits per heavy atom. The number of hydrogen-bond acceptors (Lipinski definition) is 49. The van der Waals surface area contributed by atoms with Crippen LogP contribution in [0.15, 0.2) is 0 Å². The van der Waals surface area contributed by atoms with E-state index in [1.54, 1.807) is 0 Å². The summed E-state index contributed by atoms with van der Waals surface area (Å²) in [4.78, 5) is 40.0. The largest absolute Gasteiger partial charge is 0.394 e. The van der Waals surface area contributed by atoms with Gasteiger partial charge in [0.2, 0.25) is 17.7 Å². The molecule has 684 valence electrons. The van der Waals surface area contributed by atoms with Gasteiger partial charge in [-0.2, -0.15) is 0 Å². The van der Waals surface area contributed by atoms with Gasteiger partial charge in [0.05, 0.1) is 65.1 Å². The predicted molar refractivity (Wildman–Crippen MR) is 362 cm³/mol. The van der Waals surface area contributed by atoms with Gasteiger partial charge in [0.25, 0.3) is 0 Å². The number of hydrogen-bond donors (Lipinski definition) is 30. The van der Waals surface area contributed by atoms with Gasteiger partial charge in [0, 0.05) is 20.8 Å². The van der Waals surface area contributed by atoms with Gasteiger partial charge in [0.1, 0.15) is 232 Å². The second-order valence-corrected chi connectivity index (χ2v) is 30.2. The van der Waals surface area contributed by atoms with Crippen molar-refractivity contribution in [1.29, 1.82) is 0 Å². The number of rotatable bonds is 29. The van der Waals surface area contributed by atoms with Crippen LogP contribution in [0.4, 0.5) is 0 Å². The van der Waals surface area contributed by atoms with E-state index in [1.165, 1.54) is 13.8 Å². The standard InChI is InChI=1S/C66H111N3O49/c1-14-30(80)37(87)43(93)61(101-14)113-52-25(12-76)109-60(29(69-18(5)79)54(52)116-64-46(96)40(90)33(83)20(7-71)105-64)118-56-35(85)26(110-66(48(56)98)112-50-22(9-73)103-57(99)42(92)41(50)91)13-100-58-28(68-17(4)78)53(115-62-44(94)38(88)31(81)15(2)102-62)51(24(11-75)107-58)114-65-47(97)55(34(84)21(8-72)106-65)117-59-27(67-16(3)77)36(86)49(23(10-74)108-59)111-63-45(95)39(89)32(82)19(6-70)104-63/h14-15,19-66,70-76,80-99H,6-13H2,1-5H3,(H,67,77)(H,68,78)(H,69,79)/t14-,15-,19+,20+,21+,22+,23+,24+,25+,26+,27+,28+,29+,30+,31+,32-,33-,34-,35-,36+,37+,38+,39-,40-,41+,42+,43-,44-,45+,46+,47+,48+,49+,50+,51+,52+,53+,54+,55-,56-,57?,58+,59?,60-,61-,62-,63-,64-,65-,66-/m0/s1. The number of aliphatic hydroxyl groups excluding tert-OH is 27. The van der Waals surface area contributed by atoms with Crippen molar-refractivity contribution in [2.24, 2.45) is 0 Å². The molecule has 10 rings (SSSR count). The molecule has 0 aromatic carbocycles. The minimum atomic E-state index is -2.51. The fraction of sp³-hybridized carbons (Fsp3) is 0.955. The monoisotopic (exact) mass is 1730 g/mol. The molecule has 0 aromatic heterocycles. The first-order valence-electron chi connectivity index (χ1n) is 37.9. The molecule has 10 aliphatic heterocycles. The van der Waals surface area contributed by atoms with Crippen LogP contribution in [0.5, 0.6) is 0 Å². The summed E-state index contributed by atoms with van der Waals surface area (Å²) in [5.74, 6) is -2.95. The van der Waals surface area contributed by atoms with Gasteiger partial charge in [0.15, 0.2) is 62.9 Å². The molecule has 0 spiro atoms. The number of nitrogens with one attached hydrogen (secondary N) is 3. The minimum Gasteiger partial charge on any atom is -0.394 e. The van der Waals surface area contributed by atoms with Crippen LogP contribution in [0.1, 0.15) is 34.6 Å². The van der Waals surface area contributed by atoms with Crippen molar-refractivity contribution in [3.63, 3.8) is 0 Å². The molecule has 10 saturated heterocycles. The van der Waals surface area contributed by atoms with Crippen molar-refractivity contribution in [3.05, 3.63) is 0 Å². The number of amides is 3. The lowest BCUT2D eigenvalue weighted by Gasteiger charge is -2.52. The molecule has 2 unspecified atom stereocenters. The molecule has 0 saturated carbocycles. The highest BCUT2D eigenvalue weighted by atomic mass is 16.8. The van der Waals surface area contributed by atoms with Gasteiger partial charge in [-0.25, -0.2) is 0 Å². The van der Waals surface area contributed by atoms with Crippen LogP contribution >= 0.6 is 0 Å². The van der Waals surface area contributed by atoms with Gasteiger partial charge in [-0.1, -0.05) is 0 Å². The third kappa shape index (κ3) is 20.8. The van der Waals surface area contributed by atoms with E-state index >= 15 is 0 Å². The van der Waals surface area contributed by atoms with Crippen molar-refractivity contribution in [2.45, 2.75) is 341 Å². The lowest BCUT2D eigenvalue weighted by molar-refractivity contribution is -0.395. The third-order valence-electron chi connectivity index (χ3n) is 22.0. The Labute approximate surface area is 668 Å². The number of ether oxygens (including phenoxy) is 19. The Morgan fingerprint density at radius 1 is 0.237 bits per heavy atom. The first kappa shape index (κ1) is 96.8. The normalized spacial score (nSPS) is 51.1. The molecule has 10 heterocycles. The SMILES string of the molecule is CC(=O)N[C@H]1[C@H](O[C@H]2[C@@H](O)[C@@H](CO[C@@H]3O[C@H](CO)[C@@H](O[C@@H]4O[C@H](CO)[C@H](O)[C@H](OC5O[C@H](CO)[C@@H](O[C@@H]6O[C@H](CO)[C@H](O)[C@H](O)[C@H]6O)[C@H](O)[C@H]5NC(C)=O)[C@H]4O)[C@H](O[C@@H]4O[C@@H](C)[C@@H](O)[C@@H](O)[C@@H]4O)[C@H]3NC(C)=O)O[C@@H](O[C@H]3[C@H](O)[C@@H](O)C(O)O[C@@H]3CO)[C@@H]2O)O[C@H](CO)[C@@H](O[C@@H]2O[C@@H](C)[C@@H](O)[C@@H](O)[C@@H]2O)[C@@H]1O[C@@H]1O[C@H](CO)[C@H](O)[C@H](O)[C@H]1O. The molecule has 50 atom stereocenters. The van der Waals surface area contributed by atoms with Crippen LogP contribution in [0, 0.1) is 0 Å². The highest BCUT2D eigenvalue weighted by Gasteiger charge is 2.62. The molecule has 0 bridgehead atoms. The Kier molecular flexibility index (Phi) is 34.3. The Bertz CT molecular complexity index is 3140. The highest BCUT2D eigenvalue weighted by Crippen LogP contribution is 2.41. The fourth-order valence-corrected chi connectivity index (χ4v) is 15.4. The maximum Gasteiger partial charge on any atom is 0.217 e. The van der Waals surface area contributed by atoms with Gasteiger partial charge in [-0.05, 0) is 13.8 Å². The second-order valence-electron chi connectivity index (χ2n) is 30.2. The third-order valence-corrected chi connectivity index (χ3v) is 22.0. The summed E-state index contributed by atoms with van der Waals surface area (Å²) in [5, 5.41) is 306. The number of carbonyl (C=O) groups excluding carboxylic acids is 3. The molecule has 10 fully saturated rings. The quantitative estimate of drug-likeness (QED) is 0.0331. The summed E-state index contributed by atoms with van der Waals surface area (Å²) >= 11 is 0. The average Bonchev–Trinajstić information content (AvgIpc) is 0.764. The summed E-state index contributed by atoms with van der Waals surface area (Å²) in [6.07, 6.45) is -96.8. The summed E-state index contributed by atoms with van der Waals surface area (Å²) in [7, 11) is 0. The lowest BCUT2D eigenvalue weighted by Crippen LogP contribution is -2.71. The van der Waals surface area contributed by atoms with Crippen molar-refractivity contribution in [1.82, 2.24) is 16.0 Å². The van der Waals surface area contributed by atoms with Crippen LogP contribution < -0.4 is 16.0 Å². The molecular weight excluding hydrogens is 1620 g/mol. The van der Waals surface area contributed by atoms with Gasteiger partial charge < -0.3 is 244 Å². The maximum atomic E-state index is 13.7. The van der Waals surface area contributed by atoms with Crippen molar-refractivity contribution < 1.29 is 242 Å². The van der Waals surface area contributed by atoms with Gasteiger partial charge in [-0.15, -0.1) is 0 Å². The van der Waals surface area contributed by atoms with Crippen LogP contribution in [0.3, 0.4) is 0 Å². The summed E-state index contributed by atoms with van der Waals surface area (Å²) in [6, 6.07) is -5.95. The lowest BCUT2D eigenvalue weighted by atomic mass is 9.93. The molecule has 0 aromatic rings. The van der Waals surface area contributed by atoms with E-state index < -0.39 is 377 Å². The molecule has 52 nitrogen and oxygen atoms in total. The summed E-state index contributed by atoms with van der Waals surface area (Å²) in [5.41, 5.74) is 0. The Morgan fingerprint density at radius 3 is 0.907 bits per heavy atom.